The number of nitrogens with two attached hydrogens (primary N) is 1. The lowest BCUT2D eigenvalue weighted by Gasteiger charge is -2.20. The van der Waals surface area contributed by atoms with Gasteiger partial charge in [0.2, 0.25) is 5.91 Å². The van der Waals surface area contributed by atoms with Crippen LogP contribution in [0.15, 0.2) is 0 Å². The molecule has 0 aromatic rings. The number of ether oxygens (including phenoxy) is 1. The number of ketones is 1. The fourth-order valence-electron chi connectivity index (χ4n) is 1.08. The highest BCUT2D eigenvalue weighted by Crippen LogP contribution is 1.89. The largest absolute Gasteiger partial charge is 0.379 e. The Labute approximate surface area is 82.3 Å². The van der Waals surface area contributed by atoms with Crippen LogP contribution in [0, 0.1) is 0 Å². The molecule has 14 heavy (non-hydrogen) atoms. The maximum atomic E-state index is 10.2. The maximum absolute atomic E-state index is 10.2. The number of nitrogens with one attached hydrogen (secondary N) is 1. The molecule has 6 heteroatoms. The van der Waals surface area contributed by atoms with Gasteiger partial charge in [0.15, 0.2) is 5.78 Å². The van der Waals surface area contributed by atoms with Crippen molar-refractivity contribution in [2.45, 2.75) is 6.42 Å². The lowest BCUT2D eigenvalue weighted by Crippen LogP contribution is -2.41. The van der Waals surface area contributed by atoms with Gasteiger partial charge in [0.25, 0.3) is 0 Å². The molecular weight excluding hydrogens is 186 g/mol. The highest BCUT2D eigenvalue weighted by molar-refractivity contribution is 6.05. The van der Waals surface area contributed by atoms with E-state index >= 15 is 0 Å². The minimum absolute atomic E-state index is 0.00926. The van der Waals surface area contributed by atoms with Crippen molar-refractivity contribution in [2.24, 2.45) is 5.84 Å². The van der Waals surface area contributed by atoms with Gasteiger partial charge >= 0.3 is 0 Å². The highest BCUT2D eigenvalue weighted by atomic mass is 16.5. The second-order valence-electron chi connectivity index (χ2n) is 3.14. The van der Waals surface area contributed by atoms with Crippen LogP contribution in [-0.4, -0.2) is 49.5 Å². The summed E-state index contributed by atoms with van der Waals surface area (Å²) in [5, 5.41) is 4.15. The van der Waals surface area contributed by atoms with Crippen molar-refractivity contribution >= 4 is 11.7 Å². The second-order valence-corrected chi connectivity index (χ2v) is 3.14. The zero-order valence-corrected chi connectivity index (χ0v) is 7.99. The number of carbonyl (C=O) groups is 2. The number of hydrazine groups is 1. The first-order valence-corrected chi connectivity index (χ1v) is 4.54. The van der Waals surface area contributed by atoms with Crippen molar-refractivity contribution < 1.29 is 14.3 Å². The van der Waals surface area contributed by atoms with E-state index in [2.05, 4.69) is 5.32 Å². The summed E-state index contributed by atoms with van der Waals surface area (Å²) in [4.78, 5) is 20.3. The van der Waals surface area contributed by atoms with Crippen LogP contribution in [-0.2, 0) is 14.3 Å². The maximum Gasteiger partial charge on any atom is 0.227 e. The number of morpholine rings is 1. The highest BCUT2D eigenvalue weighted by Gasteiger charge is 2.16. The zero-order chi connectivity index (χ0) is 10.4. The van der Waals surface area contributed by atoms with Gasteiger partial charge in [-0.15, -0.1) is 0 Å². The Bertz CT molecular complexity index is 200. The number of hydrogen-bond acceptors (Lipinski definition) is 5. The topological polar surface area (TPSA) is 84.7 Å². The van der Waals surface area contributed by atoms with Crippen LogP contribution in [0.4, 0.5) is 0 Å². The first-order chi connectivity index (χ1) is 6.68. The monoisotopic (exact) mass is 201 g/mol. The smallest absolute Gasteiger partial charge is 0.227 e. The van der Waals surface area contributed by atoms with E-state index in [0.717, 1.165) is 26.3 Å². The van der Waals surface area contributed by atoms with Crippen LogP contribution in [0.3, 0.4) is 0 Å². The van der Waals surface area contributed by atoms with Crippen molar-refractivity contribution in [1.82, 2.24) is 10.3 Å². The summed E-state index contributed by atoms with van der Waals surface area (Å²) in [6, 6.07) is 0. The normalized spacial score (nSPS) is 22.6. The fourth-order valence-corrected chi connectivity index (χ4v) is 1.08. The van der Waals surface area contributed by atoms with E-state index in [1.165, 1.54) is 0 Å². The molecule has 0 spiro atoms. The Kier molecular flexibility index (Phi) is 4.51. The summed E-state index contributed by atoms with van der Waals surface area (Å²) in [6.07, 6.45) is 0.0833. The van der Waals surface area contributed by atoms with E-state index in [9.17, 15) is 9.59 Å². The Morgan fingerprint density at radius 2 is 1.93 bits per heavy atom. The predicted molar refractivity (Wildman–Crippen MR) is 49.2 cm³/mol. The number of hydrogen-bond donors (Lipinski definition) is 2. The molecule has 1 amide bonds. The minimum Gasteiger partial charge on any atom is -0.379 e. The van der Waals surface area contributed by atoms with Gasteiger partial charge in [0.05, 0.1) is 26.2 Å². The van der Waals surface area contributed by atoms with Gasteiger partial charge in [-0.05, 0) is 0 Å². The average molecular weight is 201 g/mol. The Balaban J connectivity index is 0.000000140. The number of nitrogens with zero attached hydrogens (tertiary/aromatic N) is 1. The lowest BCUT2D eigenvalue weighted by atomic mass is 10.3. The zero-order valence-electron chi connectivity index (χ0n) is 7.99. The van der Waals surface area contributed by atoms with E-state index in [-0.39, 0.29) is 24.7 Å². The second kappa shape index (κ2) is 5.69. The van der Waals surface area contributed by atoms with Crippen LogP contribution in [0.5, 0.6) is 0 Å². The van der Waals surface area contributed by atoms with Crippen molar-refractivity contribution in [3.8, 4) is 0 Å². The van der Waals surface area contributed by atoms with Crippen LogP contribution < -0.4 is 11.2 Å². The Morgan fingerprint density at radius 1 is 1.29 bits per heavy atom. The summed E-state index contributed by atoms with van der Waals surface area (Å²) in [5.74, 6) is 5.23. The third-order valence-electron chi connectivity index (χ3n) is 1.89. The molecule has 2 fully saturated rings. The summed E-state index contributed by atoms with van der Waals surface area (Å²) >= 11 is 0. The van der Waals surface area contributed by atoms with E-state index in [0.29, 0.717) is 0 Å². The Hall–Kier alpha value is -0.980. The third-order valence-corrected chi connectivity index (χ3v) is 1.89. The van der Waals surface area contributed by atoms with Gasteiger partial charge in [-0.25, -0.2) is 5.01 Å². The van der Waals surface area contributed by atoms with Crippen LogP contribution >= 0.6 is 0 Å². The molecule has 80 valence electrons. The molecule has 2 saturated heterocycles. The molecule has 0 atom stereocenters. The molecule has 0 unspecified atom stereocenters. The van der Waals surface area contributed by atoms with Crippen LogP contribution in [0.25, 0.3) is 0 Å². The number of Topliss-reactive ketones (excluding diaryl/α,β-unsaturated/α-hetero) is 1. The van der Waals surface area contributed by atoms with Gasteiger partial charge < -0.3 is 10.1 Å². The number of rotatable bonds is 0. The molecule has 0 saturated carbocycles. The summed E-state index contributed by atoms with van der Waals surface area (Å²) < 4.78 is 5.02. The molecule has 6 nitrogen and oxygen atoms in total. The van der Waals surface area contributed by atoms with Crippen molar-refractivity contribution in [3.63, 3.8) is 0 Å². The van der Waals surface area contributed by atoms with Gasteiger partial charge in [0, 0.05) is 13.1 Å². The van der Waals surface area contributed by atoms with E-state index in [1.54, 1.807) is 5.01 Å². The van der Waals surface area contributed by atoms with Gasteiger partial charge in [-0.1, -0.05) is 0 Å². The van der Waals surface area contributed by atoms with Crippen molar-refractivity contribution in [1.29, 1.82) is 0 Å². The Morgan fingerprint density at radius 3 is 2.14 bits per heavy atom. The number of amides is 1. The molecule has 0 aromatic heterocycles. The first kappa shape index (κ1) is 11.1. The van der Waals surface area contributed by atoms with Crippen molar-refractivity contribution in [3.05, 3.63) is 0 Å². The van der Waals surface area contributed by atoms with E-state index in [1.807, 2.05) is 0 Å². The van der Waals surface area contributed by atoms with Crippen LogP contribution in [0.1, 0.15) is 6.42 Å². The fraction of sp³-hybridized carbons (Fsp3) is 0.750. The first-order valence-electron chi connectivity index (χ1n) is 4.54. The minimum atomic E-state index is -0.148. The van der Waals surface area contributed by atoms with E-state index < -0.39 is 0 Å². The molecule has 2 rings (SSSR count). The summed E-state index contributed by atoms with van der Waals surface area (Å²) in [6.45, 7) is 3.56. The quantitative estimate of drug-likeness (QED) is 0.359. The standard InChI is InChI=1S/C4H10N2O.C4H5NO2/c5-6-1-3-7-4-2-6;6-3-1-4(7)5-2-3/h1-5H2;1-2H2,(H,5,7). The molecule has 0 bridgehead atoms. The molecular formula is C8H15N3O3. The van der Waals surface area contributed by atoms with Gasteiger partial charge in [-0.3, -0.25) is 15.4 Å². The molecule has 2 aliphatic rings. The van der Waals surface area contributed by atoms with Crippen LogP contribution in [0.2, 0.25) is 0 Å². The summed E-state index contributed by atoms with van der Waals surface area (Å²) in [7, 11) is 0. The van der Waals surface area contributed by atoms with Crippen molar-refractivity contribution in [2.75, 3.05) is 32.8 Å². The predicted octanol–water partition coefficient (Wildman–Crippen LogP) is -1.73. The third kappa shape index (κ3) is 4.31. The lowest BCUT2D eigenvalue weighted by molar-refractivity contribution is -0.122. The molecule has 3 N–H and O–H groups in total. The number of carbonyl (C=O) groups excluding carboxylic acids is 2. The average Bonchev–Trinajstić information content (AvgIpc) is 2.52. The molecule has 0 radical (unpaired) electrons. The molecule has 2 heterocycles. The van der Waals surface area contributed by atoms with E-state index in [4.69, 9.17) is 10.6 Å². The van der Waals surface area contributed by atoms with Gasteiger partial charge in [-0.2, -0.15) is 0 Å². The summed E-state index contributed by atoms with van der Waals surface area (Å²) in [5.41, 5.74) is 0. The molecule has 0 aromatic carbocycles. The molecule has 0 aliphatic carbocycles. The molecule has 2 aliphatic heterocycles. The van der Waals surface area contributed by atoms with Gasteiger partial charge in [0.1, 0.15) is 0 Å². The SMILES string of the molecule is NN1CCOCC1.O=C1CNC(=O)C1.